The predicted molar refractivity (Wildman–Crippen MR) is 136 cm³/mol. The van der Waals surface area contributed by atoms with Crippen LogP contribution in [0.2, 0.25) is 0 Å². The Bertz CT molecular complexity index is 1440. The van der Waals surface area contributed by atoms with Crippen LogP contribution in [0.4, 0.5) is 4.39 Å². The molecule has 0 aliphatic carbocycles. The Balaban J connectivity index is 1.53. The lowest BCUT2D eigenvalue weighted by Gasteiger charge is -2.04. The third-order valence-electron chi connectivity index (χ3n) is 5.84. The fourth-order valence-electron chi connectivity index (χ4n) is 4.20. The lowest BCUT2D eigenvalue weighted by Crippen LogP contribution is -1.93. The van der Waals surface area contributed by atoms with E-state index in [1.54, 1.807) is 12.1 Å². The maximum atomic E-state index is 13.1. The van der Waals surface area contributed by atoms with Gasteiger partial charge in [0.1, 0.15) is 5.82 Å². The summed E-state index contributed by atoms with van der Waals surface area (Å²) >= 11 is 0. The van der Waals surface area contributed by atoms with Crippen molar-refractivity contribution in [2.24, 2.45) is 0 Å². The van der Waals surface area contributed by atoms with Crippen molar-refractivity contribution in [1.29, 1.82) is 0 Å². The van der Waals surface area contributed by atoms with Crippen molar-refractivity contribution >= 4 is 46.1 Å². The Hall–Kier alpha value is -3.91. The van der Waals surface area contributed by atoms with Gasteiger partial charge >= 0.3 is 0 Å². The van der Waals surface area contributed by atoms with Crippen LogP contribution in [0.5, 0.6) is 0 Å². The number of nitrogens with zero attached hydrogens (tertiary/aromatic N) is 1. The van der Waals surface area contributed by atoms with Crippen LogP contribution in [-0.2, 0) is 6.54 Å². The molecule has 32 heavy (non-hydrogen) atoms. The van der Waals surface area contributed by atoms with Gasteiger partial charge in [-0.3, -0.25) is 0 Å². The van der Waals surface area contributed by atoms with Crippen LogP contribution in [0.1, 0.15) is 29.2 Å². The molecule has 0 fully saturated rings. The second-order valence-corrected chi connectivity index (χ2v) is 7.93. The van der Waals surface area contributed by atoms with Crippen LogP contribution >= 0.6 is 0 Å². The lowest BCUT2D eigenvalue weighted by atomic mass is 10.1. The number of halogens is 1. The molecule has 0 unspecified atom stereocenters. The first-order chi connectivity index (χ1) is 15.7. The molecule has 0 radical (unpaired) electrons. The highest BCUT2D eigenvalue weighted by Crippen LogP contribution is 2.31. The maximum absolute atomic E-state index is 13.1. The van der Waals surface area contributed by atoms with Gasteiger partial charge in [0.05, 0.1) is 0 Å². The van der Waals surface area contributed by atoms with Gasteiger partial charge in [0.15, 0.2) is 0 Å². The van der Waals surface area contributed by atoms with E-state index in [9.17, 15) is 4.39 Å². The topological polar surface area (TPSA) is 4.93 Å². The van der Waals surface area contributed by atoms with Gasteiger partial charge in [-0.1, -0.05) is 91.0 Å². The first kappa shape index (κ1) is 20.0. The molecule has 1 nitrogen and oxygen atoms in total. The fourth-order valence-corrected chi connectivity index (χ4v) is 4.20. The van der Waals surface area contributed by atoms with E-state index in [0.29, 0.717) is 0 Å². The molecule has 0 N–H and O–H groups in total. The van der Waals surface area contributed by atoms with Crippen molar-refractivity contribution in [2.75, 3.05) is 0 Å². The molecule has 0 spiro atoms. The molecule has 1 aromatic heterocycles. The second-order valence-electron chi connectivity index (χ2n) is 7.93. The summed E-state index contributed by atoms with van der Waals surface area (Å²) < 4.78 is 15.5. The van der Waals surface area contributed by atoms with Crippen LogP contribution in [-0.4, -0.2) is 4.57 Å². The lowest BCUT2D eigenvalue weighted by molar-refractivity contribution is 0.628. The third kappa shape index (κ3) is 4.00. The molecule has 5 aromatic rings. The molecule has 0 aliphatic heterocycles. The SMILES string of the molecule is CCn1c2cc(/C=C/c3ccccc3)ccc2c2ccc(/C=C/c3ccc(F)cc3)cc21. The van der Waals surface area contributed by atoms with Crippen LogP contribution in [0.3, 0.4) is 0 Å². The summed E-state index contributed by atoms with van der Waals surface area (Å²) in [6.45, 7) is 3.09. The van der Waals surface area contributed by atoms with E-state index < -0.39 is 0 Å². The van der Waals surface area contributed by atoms with Gasteiger partial charge < -0.3 is 4.57 Å². The van der Waals surface area contributed by atoms with Crippen molar-refractivity contribution in [3.05, 3.63) is 119 Å². The smallest absolute Gasteiger partial charge is 0.123 e. The van der Waals surface area contributed by atoms with Crippen molar-refractivity contribution in [2.45, 2.75) is 13.5 Å². The Morgan fingerprint density at radius 3 is 1.59 bits per heavy atom. The molecule has 0 atom stereocenters. The minimum atomic E-state index is -0.214. The highest BCUT2D eigenvalue weighted by Gasteiger charge is 2.10. The quantitative estimate of drug-likeness (QED) is 0.253. The average molecular weight is 418 g/mol. The molecule has 156 valence electrons. The summed E-state index contributed by atoms with van der Waals surface area (Å²) in [5.41, 5.74) is 6.97. The highest BCUT2D eigenvalue weighted by molar-refractivity contribution is 6.09. The molecule has 0 saturated heterocycles. The summed E-state index contributed by atoms with van der Waals surface area (Å²) in [6, 6.07) is 30.2. The second kappa shape index (κ2) is 8.68. The van der Waals surface area contributed by atoms with E-state index in [0.717, 1.165) is 17.7 Å². The predicted octanol–water partition coefficient (Wildman–Crippen LogP) is 8.29. The molecule has 5 rings (SSSR count). The molecule has 0 saturated carbocycles. The first-order valence-electron chi connectivity index (χ1n) is 10.9. The zero-order chi connectivity index (χ0) is 21.9. The molecular weight excluding hydrogens is 393 g/mol. The molecular formula is C30H24FN. The summed E-state index contributed by atoms with van der Waals surface area (Å²) in [6.07, 6.45) is 8.42. The van der Waals surface area contributed by atoms with Gasteiger partial charge in [-0.05, 0) is 53.4 Å². The highest BCUT2D eigenvalue weighted by atomic mass is 19.1. The largest absolute Gasteiger partial charge is 0.341 e. The van der Waals surface area contributed by atoms with E-state index >= 15 is 0 Å². The van der Waals surface area contributed by atoms with E-state index in [1.165, 1.54) is 45.1 Å². The number of fused-ring (bicyclic) bond motifs is 3. The maximum Gasteiger partial charge on any atom is 0.123 e. The average Bonchev–Trinajstić information content (AvgIpc) is 3.15. The van der Waals surface area contributed by atoms with E-state index in [1.807, 2.05) is 12.1 Å². The summed E-state index contributed by atoms with van der Waals surface area (Å²) in [7, 11) is 0. The Labute approximate surface area is 187 Å². The van der Waals surface area contributed by atoms with Crippen LogP contribution in [0, 0.1) is 5.82 Å². The van der Waals surface area contributed by atoms with Crippen molar-refractivity contribution in [3.63, 3.8) is 0 Å². The minimum Gasteiger partial charge on any atom is -0.341 e. The number of hydrogen-bond acceptors (Lipinski definition) is 0. The van der Waals surface area contributed by atoms with Crippen LogP contribution in [0.25, 0.3) is 46.1 Å². The van der Waals surface area contributed by atoms with Gasteiger partial charge in [0, 0.05) is 28.4 Å². The third-order valence-corrected chi connectivity index (χ3v) is 5.84. The van der Waals surface area contributed by atoms with E-state index in [2.05, 4.69) is 90.4 Å². The van der Waals surface area contributed by atoms with Gasteiger partial charge in [-0.25, -0.2) is 4.39 Å². The normalized spacial score (nSPS) is 11.9. The monoisotopic (exact) mass is 417 g/mol. The molecule has 0 bridgehead atoms. The van der Waals surface area contributed by atoms with Crippen LogP contribution in [0.15, 0.2) is 91.0 Å². The summed E-state index contributed by atoms with van der Waals surface area (Å²) in [5.74, 6) is -0.214. The zero-order valence-corrected chi connectivity index (χ0v) is 18.0. The van der Waals surface area contributed by atoms with Crippen LogP contribution < -0.4 is 0 Å². The molecule has 0 aliphatic rings. The van der Waals surface area contributed by atoms with E-state index in [4.69, 9.17) is 0 Å². The van der Waals surface area contributed by atoms with Gasteiger partial charge in [-0.15, -0.1) is 0 Å². The zero-order valence-electron chi connectivity index (χ0n) is 18.0. The molecule has 4 aromatic carbocycles. The van der Waals surface area contributed by atoms with Crippen molar-refractivity contribution < 1.29 is 4.39 Å². The van der Waals surface area contributed by atoms with Crippen molar-refractivity contribution in [1.82, 2.24) is 4.57 Å². The van der Waals surface area contributed by atoms with Gasteiger partial charge in [-0.2, -0.15) is 0 Å². The number of aromatic nitrogens is 1. The molecule has 0 amide bonds. The number of aryl methyl sites for hydroxylation is 1. The van der Waals surface area contributed by atoms with Gasteiger partial charge in [0.2, 0.25) is 0 Å². The fraction of sp³-hybridized carbons (Fsp3) is 0.0667. The summed E-state index contributed by atoms with van der Waals surface area (Å²) in [5, 5.41) is 2.53. The molecule has 2 heteroatoms. The Morgan fingerprint density at radius 1 is 0.594 bits per heavy atom. The minimum absolute atomic E-state index is 0.214. The summed E-state index contributed by atoms with van der Waals surface area (Å²) in [4.78, 5) is 0. The van der Waals surface area contributed by atoms with E-state index in [-0.39, 0.29) is 5.82 Å². The number of benzene rings is 4. The molecule has 1 heterocycles. The Morgan fingerprint density at radius 2 is 1.06 bits per heavy atom. The van der Waals surface area contributed by atoms with Crippen molar-refractivity contribution in [3.8, 4) is 0 Å². The number of rotatable bonds is 5. The first-order valence-corrected chi connectivity index (χ1v) is 10.9. The Kier molecular flexibility index (Phi) is 5.43. The van der Waals surface area contributed by atoms with Gasteiger partial charge in [0.25, 0.3) is 0 Å². The standard InChI is InChI=1S/C30H24FN/c1-2-32-29-20-24(10-8-22-6-4-3-5-7-22)14-18-27(29)28-19-15-25(21-30(28)32)11-9-23-12-16-26(31)17-13-23/h3-21H,2H2,1H3/b10-8+,11-9+. The number of hydrogen-bond donors (Lipinski definition) is 0.